The molecule has 0 radical (unpaired) electrons. The largest absolute Gasteiger partial charge is 0.447 e. The maximum absolute atomic E-state index is 12.4. The number of hydrogen-bond donors (Lipinski definition) is 0. The molecule has 2 rings (SSSR count). The fourth-order valence-electron chi connectivity index (χ4n) is 2.38. The van der Waals surface area contributed by atoms with Gasteiger partial charge in [0, 0.05) is 5.57 Å². The summed E-state index contributed by atoms with van der Waals surface area (Å²) in [7, 11) is 0. The van der Waals surface area contributed by atoms with Gasteiger partial charge in [-0.1, -0.05) is 49.8 Å². The average Bonchev–Trinajstić information content (AvgIpc) is 2.85. The van der Waals surface area contributed by atoms with Gasteiger partial charge < -0.3 is 4.74 Å². The Balaban J connectivity index is 2.11. The molecule has 1 aliphatic rings. The highest BCUT2D eigenvalue weighted by molar-refractivity contribution is 6.03. The molecule has 2 amide bonds. The summed E-state index contributed by atoms with van der Waals surface area (Å²) in [5.41, 5.74) is 1.70. The number of amides is 2. The molecule has 1 saturated heterocycles. The SMILES string of the molecule is CCCC=C(C)C(=O)N1C(=O)OC[C@H]1Cc1ccccc1. The number of nitrogens with zero attached hydrogens (tertiary/aromatic N) is 1. The second-order valence-electron chi connectivity index (χ2n) is 5.27. The smallest absolute Gasteiger partial charge is 0.417 e. The zero-order valence-electron chi connectivity index (χ0n) is 12.5. The first-order chi connectivity index (χ1) is 10.1. The number of imide groups is 1. The van der Waals surface area contributed by atoms with Crippen LogP contribution in [0.4, 0.5) is 4.79 Å². The number of rotatable bonds is 5. The van der Waals surface area contributed by atoms with Gasteiger partial charge in [-0.3, -0.25) is 4.79 Å². The van der Waals surface area contributed by atoms with Crippen LogP contribution in [-0.4, -0.2) is 29.5 Å². The summed E-state index contributed by atoms with van der Waals surface area (Å²) in [5, 5.41) is 0. The Bertz CT molecular complexity index is 536. The molecule has 1 fully saturated rings. The topological polar surface area (TPSA) is 46.6 Å². The Morgan fingerprint density at radius 2 is 2.10 bits per heavy atom. The number of carbonyl (C=O) groups is 2. The molecule has 0 spiro atoms. The molecule has 1 aromatic carbocycles. The third kappa shape index (κ3) is 3.72. The van der Waals surface area contributed by atoms with Crippen molar-refractivity contribution >= 4 is 12.0 Å². The van der Waals surface area contributed by atoms with Gasteiger partial charge >= 0.3 is 6.09 Å². The van der Waals surface area contributed by atoms with E-state index in [4.69, 9.17) is 4.74 Å². The first kappa shape index (κ1) is 15.3. The molecular formula is C17H21NO3. The molecule has 0 aromatic heterocycles. The van der Waals surface area contributed by atoms with Crippen molar-refractivity contribution < 1.29 is 14.3 Å². The van der Waals surface area contributed by atoms with Crippen molar-refractivity contribution in [3.63, 3.8) is 0 Å². The number of allylic oxidation sites excluding steroid dienone is 1. The van der Waals surface area contributed by atoms with Crippen LogP contribution in [0.5, 0.6) is 0 Å². The lowest BCUT2D eigenvalue weighted by molar-refractivity contribution is -0.125. The highest BCUT2D eigenvalue weighted by atomic mass is 16.6. The molecule has 0 saturated carbocycles. The van der Waals surface area contributed by atoms with Gasteiger partial charge in [-0.25, -0.2) is 9.69 Å². The maximum Gasteiger partial charge on any atom is 0.417 e. The summed E-state index contributed by atoms with van der Waals surface area (Å²) in [6.45, 7) is 4.07. The molecule has 21 heavy (non-hydrogen) atoms. The zero-order chi connectivity index (χ0) is 15.2. The lowest BCUT2D eigenvalue weighted by Crippen LogP contribution is -2.40. The number of carbonyl (C=O) groups excluding carboxylic acids is 2. The summed E-state index contributed by atoms with van der Waals surface area (Å²) in [6.07, 6.45) is 3.78. The Kier molecular flexibility index (Phi) is 5.14. The summed E-state index contributed by atoms with van der Waals surface area (Å²) in [5.74, 6) is -0.244. The van der Waals surface area contributed by atoms with E-state index in [0.29, 0.717) is 12.0 Å². The lowest BCUT2D eigenvalue weighted by atomic mass is 10.1. The van der Waals surface area contributed by atoms with Crippen molar-refractivity contribution in [1.82, 2.24) is 4.90 Å². The predicted octanol–water partition coefficient (Wildman–Crippen LogP) is 3.32. The van der Waals surface area contributed by atoms with E-state index in [1.54, 1.807) is 6.92 Å². The minimum Gasteiger partial charge on any atom is -0.447 e. The standard InChI is InChI=1S/C17H21NO3/c1-3-4-8-13(2)16(19)18-15(12-21-17(18)20)11-14-9-6-5-7-10-14/h5-10,15H,3-4,11-12H2,1-2H3/t15-/m1/s1. The number of ether oxygens (including phenoxy) is 1. The quantitative estimate of drug-likeness (QED) is 0.780. The van der Waals surface area contributed by atoms with Crippen LogP contribution in [0, 0.1) is 0 Å². The molecule has 4 heteroatoms. The molecule has 0 bridgehead atoms. The van der Waals surface area contributed by atoms with E-state index in [-0.39, 0.29) is 18.6 Å². The molecule has 1 heterocycles. The normalized spacial score (nSPS) is 18.8. The lowest BCUT2D eigenvalue weighted by Gasteiger charge is -2.20. The van der Waals surface area contributed by atoms with E-state index in [9.17, 15) is 9.59 Å². The summed E-state index contributed by atoms with van der Waals surface area (Å²) in [6, 6.07) is 9.60. The van der Waals surface area contributed by atoms with Crippen LogP contribution in [0.15, 0.2) is 42.0 Å². The Hall–Kier alpha value is -2.10. The Labute approximate surface area is 125 Å². The van der Waals surface area contributed by atoms with Gasteiger partial charge in [0.05, 0.1) is 6.04 Å². The molecule has 4 nitrogen and oxygen atoms in total. The molecule has 0 N–H and O–H groups in total. The van der Waals surface area contributed by atoms with Crippen LogP contribution in [0.3, 0.4) is 0 Å². The zero-order valence-corrected chi connectivity index (χ0v) is 12.5. The summed E-state index contributed by atoms with van der Waals surface area (Å²) in [4.78, 5) is 25.5. The van der Waals surface area contributed by atoms with Gasteiger partial charge in [-0.2, -0.15) is 0 Å². The van der Waals surface area contributed by atoms with Gasteiger partial charge in [-0.15, -0.1) is 0 Å². The fourth-order valence-corrected chi connectivity index (χ4v) is 2.38. The van der Waals surface area contributed by atoms with E-state index >= 15 is 0 Å². The Morgan fingerprint density at radius 3 is 2.76 bits per heavy atom. The van der Waals surface area contributed by atoms with Gasteiger partial charge in [-0.05, 0) is 25.3 Å². The van der Waals surface area contributed by atoms with E-state index in [1.807, 2.05) is 36.4 Å². The minimum atomic E-state index is -0.537. The number of cyclic esters (lactones) is 1. The van der Waals surface area contributed by atoms with Crippen LogP contribution < -0.4 is 0 Å². The van der Waals surface area contributed by atoms with E-state index < -0.39 is 6.09 Å². The highest BCUT2D eigenvalue weighted by Crippen LogP contribution is 2.20. The van der Waals surface area contributed by atoms with Crippen molar-refractivity contribution in [2.75, 3.05) is 6.61 Å². The Morgan fingerprint density at radius 1 is 1.38 bits per heavy atom. The first-order valence-electron chi connectivity index (χ1n) is 7.34. The first-order valence-corrected chi connectivity index (χ1v) is 7.34. The summed E-state index contributed by atoms with van der Waals surface area (Å²) < 4.78 is 5.07. The molecule has 1 atom stereocenters. The van der Waals surface area contributed by atoms with Gasteiger partial charge in [0.1, 0.15) is 6.61 Å². The number of hydrogen-bond acceptors (Lipinski definition) is 3. The molecular weight excluding hydrogens is 266 g/mol. The van der Waals surface area contributed by atoms with E-state index in [0.717, 1.165) is 18.4 Å². The fraction of sp³-hybridized carbons (Fsp3) is 0.412. The van der Waals surface area contributed by atoms with Crippen LogP contribution >= 0.6 is 0 Å². The number of unbranched alkanes of at least 4 members (excludes halogenated alkanes) is 1. The molecule has 0 unspecified atom stereocenters. The average molecular weight is 287 g/mol. The molecule has 1 aromatic rings. The second-order valence-corrected chi connectivity index (χ2v) is 5.27. The van der Waals surface area contributed by atoms with Crippen LogP contribution in [0.2, 0.25) is 0 Å². The van der Waals surface area contributed by atoms with Crippen LogP contribution in [0.25, 0.3) is 0 Å². The third-order valence-corrected chi connectivity index (χ3v) is 3.57. The van der Waals surface area contributed by atoms with Crippen molar-refractivity contribution in [2.24, 2.45) is 0 Å². The van der Waals surface area contributed by atoms with Crippen molar-refractivity contribution in [3.8, 4) is 0 Å². The predicted molar refractivity (Wildman–Crippen MR) is 80.8 cm³/mol. The van der Waals surface area contributed by atoms with Crippen LogP contribution in [-0.2, 0) is 16.0 Å². The van der Waals surface area contributed by atoms with E-state index in [2.05, 4.69) is 6.92 Å². The van der Waals surface area contributed by atoms with Gasteiger partial charge in [0.15, 0.2) is 0 Å². The molecule has 1 aliphatic heterocycles. The maximum atomic E-state index is 12.4. The summed E-state index contributed by atoms with van der Waals surface area (Å²) >= 11 is 0. The third-order valence-electron chi connectivity index (χ3n) is 3.57. The highest BCUT2D eigenvalue weighted by Gasteiger charge is 2.38. The van der Waals surface area contributed by atoms with E-state index in [1.165, 1.54) is 4.90 Å². The second kappa shape index (κ2) is 7.07. The molecule has 0 aliphatic carbocycles. The van der Waals surface area contributed by atoms with Gasteiger partial charge in [0.2, 0.25) is 0 Å². The number of benzene rings is 1. The van der Waals surface area contributed by atoms with Crippen molar-refractivity contribution in [1.29, 1.82) is 0 Å². The van der Waals surface area contributed by atoms with Crippen molar-refractivity contribution in [2.45, 2.75) is 39.2 Å². The molecule has 112 valence electrons. The van der Waals surface area contributed by atoms with Crippen LogP contribution in [0.1, 0.15) is 32.3 Å². The minimum absolute atomic E-state index is 0.225. The monoisotopic (exact) mass is 287 g/mol. The van der Waals surface area contributed by atoms with Crippen molar-refractivity contribution in [3.05, 3.63) is 47.5 Å². The van der Waals surface area contributed by atoms with Gasteiger partial charge in [0.25, 0.3) is 5.91 Å².